The number of nitro benzene ring substituents is 1. The van der Waals surface area contributed by atoms with Crippen LogP contribution in [0.5, 0.6) is 23.0 Å². The molecule has 2 atom stereocenters. The van der Waals surface area contributed by atoms with Gasteiger partial charge in [0.1, 0.15) is 13.2 Å². The van der Waals surface area contributed by atoms with Crippen molar-refractivity contribution in [2.75, 3.05) is 26.9 Å². The number of nitro groups is 1. The van der Waals surface area contributed by atoms with Gasteiger partial charge in [0.25, 0.3) is 5.69 Å². The van der Waals surface area contributed by atoms with Crippen LogP contribution in [0.15, 0.2) is 77.0 Å². The molecule has 0 bridgehead atoms. The largest absolute Gasteiger partial charge is 0.490 e. The number of methoxy groups -OCH3 is 1. The van der Waals surface area contributed by atoms with E-state index in [0.29, 0.717) is 53.0 Å². The summed E-state index contributed by atoms with van der Waals surface area (Å²) in [5.74, 6) is 1.06. The monoisotopic (exact) mass is 663 g/mol. The second-order valence-electron chi connectivity index (χ2n) is 10.3. The van der Waals surface area contributed by atoms with Crippen LogP contribution in [0.1, 0.15) is 43.5 Å². The number of nitrogens with one attached hydrogen (secondary N) is 3. The molecule has 3 aromatic rings. The number of amides is 2. The van der Waals surface area contributed by atoms with Gasteiger partial charge >= 0.3 is 12.0 Å². The molecule has 4 rings (SSSR count). The lowest BCUT2D eigenvalue weighted by Gasteiger charge is -2.28. The zero-order valence-electron chi connectivity index (χ0n) is 26.8. The van der Waals surface area contributed by atoms with Crippen molar-refractivity contribution in [3.05, 3.63) is 98.7 Å². The minimum atomic E-state index is -1.19. The van der Waals surface area contributed by atoms with E-state index in [1.54, 1.807) is 62.4 Å². The SMILES string of the molecule is CCOc1cc(/C=N\N[C@H](O)COc2ccc([C@H]3NC(=O)NC(C)=C3C(=O)OC)cc2OCC)ccc1OCc1ccc([N+](=O)[O-])cc1. The number of rotatable bonds is 16. The summed E-state index contributed by atoms with van der Waals surface area (Å²) < 4.78 is 28.1. The fourth-order valence-electron chi connectivity index (χ4n) is 4.69. The van der Waals surface area contributed by atoms with Gasteiger partial charge < -0.3 is 39.4 Å². The fraction of sp³-hybridized carbons (Fsp3) is 0.303. The number of carbonyl (C=O) groups excluding carboxylic acids is 2. The first-order valence-electron chi connectivity index (χ1n) is 15.0. The topological polar surface area (TPSA) is 192 Å². The number of ether oxygens (including phenoxy) is 5. The van der Waals surface area contributed by atoms with Gasteiger partial charge in [0.15, 0.2) is 29.2 Å². The summed E-state index contributed by atoms with van der Waals surface area (Å²) in [6.45, 7) is 5.96. The van der Waals surface area contributed by atoms with E-state index in [9.17, 15) is 24.8 Å². The van der Waals surface area contributed by atoms with Crippen LogP contribution in [0.25, 0.3) is 0 Å². The minimum Gasteiger partial charge on any atom is -0.490 e. The standard InChI is InChI=1S/C33H37N5O10/c1-5-45-27-15-22(9-13-25(27)47-18-21-7-11-24(12-8-21)38(42)43)17-34-37-29(39)19-48-26-14-10-23(16-28(26)46-6-2)31-30(32(40)44-4)20(3)35-33(41)36-31/h7-17,29,31,37,39H,5-6,18-19H2,1-4H3,(H2,35,36,41)/b34-17-/t29-,31-/m1/s1. The summed E-state index contributed by atoms with van der Waals surface area (Å²) in [4.78, 5) is 35.0. The molecule has 0 saturated carbocycles. The number of aliphatic hydroxyl groups excluding tert-OH is 1. The Morgan fingerprint density at radius 2 is 1.67 bits per heavy atom. The Kier molecular flexibility index (Phi) is 12.2. The van der Waals surface area contributed by atoms with Crippen molar-refractivity contribution < 1.29 is 43.3 Å². The normalized spacial score (nSPS) is 14.9. The van der Waals surface area contributed by atoms with E-state index in [4.69, 9.17) is 23.7 Å². The second kappa shape index (κ2) is 16.6. The van der Waals surface area contributed by atoms with Gasteiger partial charge in [0, 0.05) is 17.8 Å². The molecular formula is C33H37N5O10. The van der Waals surface area contributed by atoms with Crippen LogP contribution < -0.4 is 35.0 Å². The van der Waals surface area contributed by atoms with E-state index in [1.165, 1.54) is 25.5 Å². The Hall–Kier alpha value is -5.83. The number of non-ortho nitro benzene ring substituents is 1. The summed E-state index contributed by atoms with van der Waals surface area (Å²) in [7, 11) is 1.26. The first-order valence-corrected chi connectivity index (χ1v) is 15.0. The van der Waals surface area contributed by atoms with Gasteiger partial charge in [-0.05, 0) is 79.9 Å². The molecule has 0 aromatic heterocycles. The fourth-order valence-corrected chi connectivity index (χ4v) is 4.69. The van der Waals surface area contributed by atoms with Crippen LogP contribution in [-0.4, -0.2) is 61.4 Å². The molecule has 15 nitrogen and oxygen atoms in total. The Morgan fingerprint density at radius 3 is 2.33 bits per heavy atom. The van der Waals surface area contributed by atoms with Gasteiger partial charge in [-0.3, -0.25) is 15.5 Å². The highest BCUT2D eigenvalue weighted by Gasteiger charge is 2.32. The van der Waals surface area contributed by atoms with Gasteiger partial charge in [-0.1, -0.05) is 6.07 Å². The van der Waals surface area contributed by atoms with E-state index in [2.05, 4.69) is 21.2 Å². The van der Waals surface area contributed by atoms with E-state index < -0.39 is 29.2 Å². The lowest BCUT2D eigenvalue weighted by Crippen LogP contribution is -2.45. The third-order valence-electron chi connectivity index (χ3n) is 6.92. The highest BCUT2D eigenvalue weighted by atomic mass is 16.6. The molecule has 1 aliphatic rings. The van der Waals surface area contributed by atoms with Crippen molar-refractivity contribution in [2.45, 2.75) is 39.6 Å². The van der Waals surface area contributed by atoms with Crippen molar-refractivity contribution in [3.63, 3.8) is 0 Å². The Morgan fingerprint density at radius 1 is 1.00 bits per heavy atom. The first-order chi connectivity index (χ1) is 23.1. The van der Waals surface area contributed by atoms with Crippen LogP contribution in [0, 0.1) is 10.1 Å². The van der Waals surface area contributed by atoms with Gasteiger partial charge in [-0.15, -0.1) is 0 Å². The molecule has 15 heteroatoms. The molecule has 1 heterocycles. The van der Waals surface area contributed by atoms with Gasteiger partial charge in [0.05, 0.1) is 43.1 Å². The molecule has 48 heavy (non-hydrogen) atoms. The van der Waals surface area contributed by atoms with Crippen molar-refractivity contribution >= 4 is 23.9 Å². The Balaban J connectivity index is 1.36. The number of allylic oxidation sites excluding steroid dienone is 1. The third-order valence-corrected chi connectivity index (χ3v) is 6.92. The lowest BCUT2D eigenvalue weighted by atomic mass is 9.95. The highest BCUT2D eigenvalue weighted by molar-refractivity contribution is 5.95. The summed E-state index contributed by atoms with van der Waals surface area (Å²) in [6.07, 6.45) is 0.305. The number of benzene rings is 3. The molecule has 0 spiro atoms. The Labute approximate surface area is 276 Å². The number of carbonyl (C=O) groups is 2. The van der Waals surface area contributed by atoms with Gasteiger partial charge in [0.2, 0.25) is 0 Å². The number of aliphatic hydroxyl groups is 1. The number of hydrogen-bond acceptors (Lipinski definition) is 12. The molecule has 0 fully saturated rings. The molecule has 254 valence electrons. The van der Waals surface area contributed by atoms with E-state index >= 15 is 0 Å². The average Bonchev–Trinajstić information content (AvgIpc) is 3.07. The molecule has 4 N–H and O–H groups in total. The van der Waals surface area contributed by atoms with Crippen LogP contribution in [-0.2, 0) is 16.1 Å². The predicted octanol–water partition coefficient (Wildman–Crippen LogP) is 4.09. The highest BCUT2D eigenvalue weighted by Crippen LogP contribution is 2.35. The lowest BCUT2D eigenvalue weighted by molar-refractivity contribution is -0.384. The van der Waals surface area contributed by atoms with Crippen molar-refractivity contribution in [2.24, 2.45) is 5.10 Å². The molecule has 0 saturated heterocycles. The van der Waals surface area contributed by atoms with Crippen LogP contribution >= 0.6 is 0 Å². The third kappa shape index (κ3) is 9.13. The summed E-state index contributed by atoms with van der Waals surface area (Å²) >= 11 is 0. The summed E-state index contributed by atoms with van der Waals surface area (Å²) in [5, 5.41) is 30.8. The number of nitrogens with zero attached hydrogens (tertiary/aromatic N) is 2. The maximum absolute atomic E-state index is 12.5. The Bertz CT molecular complexity index is 1680. The van der Waals surface area contributed by atoms with Gasteiger partial charge in [-0.2, -0.15) is 5.10 Å². The smallest absolute Gasteiger partial charge is 0.337 e. The number of esters is 1. The second-order valence-corrected chi connectivity index (χ2v) is 10.3. The maximum Gasteiger partial charge on any atom is 0.337 e. The van der Waals surface area contributed by atoms with E-state index in [0.717, 1.165) is 5.56 Å². The first kappa shape index (κ1) is 35.0. The quantitative estimate of drug-likeness (QED) is 0.0567. The molecule has 2 amide bonds. The molecular weight excluding hydrogens is 626 g/mol. The van der Waals surface area contributed by atoms with E-state index in [-0.39, 0.29) is 24.5 Å². The predicted molar refractivity (Wildman–Crippen MR) is 174 cm³/mol. The summed E-state index contributed by atoms with van der Waals surface area (Å²) in [5.41, 5.74) is 5.22. The van der Waals surface area contributed by atoms with E-state index in [1.807, 2.05) is 6.92 Å². The maximum atomic E-state index is 12.5. The zero-order chi connectivity index (χ0) is 34.6. The molecule has 0 unspecified atom stereocenters. The average molecular weight is 664 g/mol. The zero-order valence-corrected chi connectivity index (χ0v) is 26.8. The number of urea groups is 1. The van der Waals surface area contributed by atoms with Crippen molar-refractivity contribution in [3.8, 4) is 23.0 Å². The van der Waals surface area contributed by atoms with Gasteiger partial charge in [-0.25, -0.2) is 9.59 Å². The van der Waals surface area contributed by atoms with Crippen molar-refractivity contribution in [1.82, 2.24) is 16.1 Å². The molecule has 3 aromatic carbocycles. The van der Waals surface area contributed by atoms with Crippen molar-refractivity contribution in [1.29, 1.82) is 0 Å². The number of hydrogen-bond donors (Lipinski definition) is 4. The molecule has 1 aliphatic heterocycles. The van der Waals surface area contributed by atoms with Crippen LogP contribution in [0.2, 0.25) is 0 Å². The van der Waals surface area contributed by atoms with Crippen LogP contribution in [0.4, 0.5) is 10.5 Å². The minimum absolute atomic E-state index is 0.00154. The molecule has 0 aliphatic carbocycles. The molecule has 0 radical (unpaired) electrons. The summed E-state index contributed by atoms with van der Waals surface area (Å²) in [6, 6.07) is 15.0. The number of hydrazone groups is 1. The van der Waals surface area contributed by atoms with Crippen LogP contribution in [0.3, 0.4) is 0 Å².